The second-order valence-corrected chi connectivity index (χ2v) is 4.30. The molecule has 0 fully saturated rings. The van der Waals surface area contributed by atoms with Crippen molar-refractivity contribution in [3.63, 3.8) is 0 Å². The molecule has 0 aliphatic carbocycles. The lowest BCUT2D eigenvalue weighted by molar-refractivity contribution is 0.357. The first-order valence-electron chi connectivity index (χ1n) is 5.91. The van der Waals surface area contributed by atoms with Crippen molar-refractivity contribution in [2.45, 2.75) is 6.42 Å². The van der Waals surface area contributed by atoms with Gasteiger partial charge in [-0.15, -0.1) is 0 Å². The maximum Gasteiger partial charge on any atom is 0.123 e. The van der Waals surface area contributed by atoms with Crippen molar-refractivity contribution in [3.05, 3.63) is 42.0 Å². The zero-order chi connectivity index (χ0) is 12.5. The Morgan fingerprint density at radius 1 is 1.17 bits per heavy atom. The molecule has 0 bridgehead atoms. The van der Waals surface area contributed by atoms with Gasteiger partial charge in [0.25, 0.3) is 0 Å². The van der Waals surface area contributed by atoms with E-state index in [1.807, 2.05) is 18.2 Å². The molecule has 1 aliphatic heterocycles. The first-order chi connectivity index (χ1) is 8.78. The average molecular weight is 242 g/mol. The van der Waals surface area contributed by atoms with Gasteiger partial charge in [-0.05, 0) is 41.5 Å². The van der Waals surface area contributed by atoms with Crippen molar-refractivity contribution in [2.75, 3.05) is 13.7 Å². The Balaban J connectivity index is 2.09. The molecule has 3 nitrogen and oxygen atoms in total. The minimum absolute atomic E-state index is 0.259. The van der Waals surface area contributed by atoms with E-state index in [-0.39, 0.29) is 5.75 Å². The topological polar surface area (TPSA) is 38.7 Å². The van der Waals surface area contributed by atoms with Gasteiger partial charge < -0.3 is 14.6 Å². The summed E-state index contributed by atoms with van der Waals surface area (Å²) in [5.41, 5.74) is 2.95. The average Bonchev–Trinajstić information content (AvgIpc) is 2.86. The van der Waals surface area contributed by atoms with Crippen molar-refractivity contribution in [2.24, 2.45) is 0 Å². The number of methoxy groups -OCH3 is 1. The fourth-order valence-corrected chi connectivity index (χ4v) is 2.23. The van der Waals surface area contributed by atoms with E-state index in [1.54, 1.807) is 19.2 Å². The SMILES string of the molecule is COc1ccc(O)c(-c2ccc3c(c2)CCO3)c1. The van der Waals surface area contributed by atoms with Crippen molar-refractivity contribution in [1.82, 2.24) is 0 Å². The number of phenolic OH excluding ortho intramolecular Hbond substituents is 1. The van der Waals surface area contributed by atoms with E-state index in [2.05, 4.69) is 6.07 Å². The molecule has 1 heterocycles. The fourth-order valence-electron chi connectivity index (χ4n) is 2.23. The summed E-state index contributed by atoms with van der Waals surface area (Å²) in [6.07, 6.45) is 0.925. The van der Waals surface area contributed by atoms with Crippen LogP contribution in [0.1, 0.15) is 5.56 Å². The maximum atomic E-state index is 9.95. The predicted molar refractivity (Wildman–Crippen MR) is 69.3 cm³/mol. The lowest BCUT2D eigenvalue weighted by Crippen LogP contribution is -1.86. The lowest BCUT2D eigenvalue weighted by atomic mass is 10.0. The standard InChI is InChI=1S/C15H14O3/c1-17-12-3-4-14(16)13(9-12)10-2-5-15-11(8-10)6-7-18-15/h2-5,8-9,16H,6-7H2,1H3. The fraction of sp³-hybridized carbons (Fsp3) is 0.200. The van der Waals surface area contributed by atoms with Gasteiger partial charge in [0.2, 0.25) is 0 Å². The van der Waals surface area contributed by atoms with Gasteiger partial charge in [-0.3, -0.25) is 0 Å². The van der Waals surface area contributed by atoms with Crippen LogP contribution in [0.25, 0.3) is 11.1 Å². The number of ether oxygens (including phenoxy) is 2. The van der Waals surface area contributed by atoms with Crippen LogP contribution in [-0.4, -0.2) is 18.8 Å². The van der Waals surface area contributed by atoms with Gasteiger partial charge in [-0.25, -0.2) is 0 Å². The van der Waals surface area contributed by atoms with Crippen LogP contribution in [0.2, 0.25) is 0 Å². The van der Waals surface area contributed by atoms with Crippen LogP contribution in [0.5, 0.6) is 17.2 Å². The van der Waals surface area contributed by atoms with E-state index >= 15 is 0 Å². The quantitative estimate of drug-likeness (QED) is 0.879. The lowest BCUT2D eigenvalue weighted by Gasteiger charge is -2.08. The van der Waals surface area contributed by atoms with Gasteiger partial charge in [0, 0.05) is 12.0 Å². The Hall–Kier alpha value is -2.16. The molecule has 2 aromatic carbocycles. The maximum absolute atomic E-state index is 9.95. The highest BCUT2D eigenvalue weighted by Gasteiger charge is 2.14. The molecule has 0 unspecified atom stereocenters. The molecule has 0 spiro atoms. The molecular formula is C15H14O3. The Kier molecular flexibility index (Phi) is 2.59. The zero-order valence-electron chi connectivity index (χ0n) is 10.1. The van der Waals surface area contributed by atoms with Gasteiger partial charge in [0.15, 0.2) is 0 Å². The Morgan fingerprint density at radius 3 is 2.89 bits per heavy atom. The second kappa shape index (κ2) is 4.26. The molecule has 2 aromatic rings. The van der Waals surface area contributed by atoms with Gasteiger partial charge in [0.1, 0.15) is 17.2 Å². The molecular weight excluding hydrogens is 228 g/mol. The Labute approximate surface area is 106 Å². The molecule has 92 valence electrons. The summed E-state index contributed by atoms with van der Waals surface area (Å²) in [6, 6.07) is 11.2. The zero-order valence-corrected chi connectivity index (χ0v) is 10.1. The number of hydrogen-bond donors (Lipinski definition) is 1. The first-order valence-corrected chi connectivity index (χ1v) is 5.91. The van der Waals surface area contributed by atoms with Gasteiger partial charge in [0.05, 0.1) is 13.7 Å². The molecule has 0 radical (unpaired) electrons. The summed E-state index contributed by atoms with van der Waals surface area (Å²) in [4.78, 5) is 0. The highest BCUT2D eigenvalue weighted by atomic mass is 16.5. The van der Waals surface area contributed by atoms with Gasteiger partial charge >= 0.3 is 0 Å². The molecule has 1 N–H and O–H groups in total. The van der Waals surface area contributed by atoms with E-state index in [9.17, 15) is 5.11 Å². The largest absolute Gasteiger partial charge is 0.507 e. The summed E-state index contributed by atoms with van der Waals surface area (Å²) in [7, 11) is 1.62. The Morgan fingerprint density at radius 2 is 2.06 bits per heavy atom. The number of aromatic hydroxyl groups is 1. The summed E-state index contributed by atoms with van der Waals surface area (Å²) in [5, 5.41) is 9.95. The van der Waals surface area contributed by atoms with Crippen molar-refractivity contribution < 1.29 is 14.6 Å². The minimum atomic E-state index is 0.259. The van der Waals surface area contributed by atoms with Crippen LogP contribution in [0.15, 0.2) is 36.4 Å². The van der Waals surface area contributed by atoms with E-state index in [1.165, 1.54) is 5.56 Å². The molecule has 0 aromatic heterocycles. The van der Waals surface area contributed by atoms with Crippen LogP contribution in [0.4, 0.5) is 0 Å². The van der Waals surface area contributed by atoms with Crippen molar-refractivity contribution >= 4 is 0 Å². The van der Waals surface area contributed by atoms with Crippen LogP contribution >= 0.6 is 0 Å². The molecule has 0 atom stereocenters. The molecule has 0 saturated carbocycles. The summed E-state index contributed by atoms with van der Waals surface area (Å²) < 4.78 is 10.7. The third kappa shape index (κ3) is 1.78. The molecule has 0 saturated heterocycles. The van der Waals surface area contributed by atoms with Crippen LogP contribution in [0, 0.1) is 0 Å². The minimum Gasteiger partial charge on any atom is -0.507 e. The normalized spacial score (nSPS) is 12.9. The van der Waals surface area contributed by atoms with E-state index in [4.69, 9.17) is 9.47 Å². The van der Waals surface area contributed by atoms with Crippen LogP contribution < -0.4 is 9.47 Å². The number of phenols is 1. The van der Waals surface area contributed by atoms with Gasteiger partial charge in [-0.1, -0.05) is 6.07 Å². The van der Waals surface area contributed by atoms with Gasteiger partial charge in [-0.2, -0.15) is 0 Å². The molecule has 1 aliphatic rings. The predicted octanol–water partition coefficient (Wildman–Crippen LogP) is 3.00. The summed E-state index contributed by atoms with van der Waals surface area (Å²) >= 11 is 0. The Bertz CT molecular complexity index is 590. The monoisotopic (exact) mass is 242 g/mol. The van der Waals surface area contributed by atoms with Crippen LogP contribution in [0.3, 0.4) is 0 Å². The molecule has 3 rings (SSSR count). The van der Waals surface area contributed by atoms with E-state index in [0.717, 1.165) is 35.7 Å². The smallest absolute Gasteiger partial charge is 0.123 e. The number of fused-ring (bicyclic) bond motifs is 1. The summed E-state index contributed by atoms with van der Waals surface area (Å²) in [6.45, 7) is 0.739. The van der Waals surface area contributed by atoms with Crippen molar-refractivity contribution in [1.29, 1.82) is 0 Å². The highest BCUT2D eigenvalue weighted by molar-refractivity contribution is 5.73. The molecule has 0 amide bonds. The summed E-state index contributed by atoms with van der Waals surface area (Å²) in [5.74, 6) is 1.94. The second-order valence-electron chi connectivity index (χ2n) is 4.30. The number of rotatable bonds is 2. The van der Waals surface area contributed by atoms with Crippen molar-refractivity contribution in [3.8, 4) is 28.4 Å². The third-order valence-electron chi connectivity index (χ3n) is 3.20. The molecule has 18 heavy (non-hydrogen) atoms. The van der Waals surface area contributed by atoms with Crippen LogP contribution in [-0.2, 0) is 6.42 Å². The highest BCUT2D eigenvalue weighted by Crippen LogP contribution is 2.36. The first kappa shape index (κ1) is 11.0. The third-order valence-corrected chi connectivity index (χ3v) is 3.20. The number of hydrogen-bond acceptors (Lipinski definition) is 3. The van der Waals surface area contributed by atoms with E-state index < -0.39 is 0 Å². The van der Waals surface area contributed by atoms with E-state index in [0.29, 0.717) is 0 Å². The number of benzene rings is 2. The molecule has 3 heteroatoms.